The van der Waals surface area contributed by atoms with Gasteiger partial charge in [0.05, 0.1) is 13.2 Å². The Hall–Kier alpha value is -0.890. The lowest BCUT2D eigenvalue weighted by Gasteiger charge is -2.25. The smallest absolute Gasteiger partial charge is 0.351 e. The topological polar surface area (TPSA) is 80.7 Å². The van der Waals surface area contributed by atoms with Crippen LogP contribution in [0.2, 0.25) is 5.15 Å². The van der Waals surface area contributed by atoms with Crippen molar-refractivity contribution in [2.24, 2.45) is 0 Å². The van der Waals surface area contributed by atoms with Gasteiger partial charge in [-0.05, 0) is 6.92 Å². The standard InChI is InChI=1S/C11H15ClN2O4S/c1-6-11(16,3-4-18-6)5-13-10-14-8(12)7(19-10)9(15)17-2/h6,16H,3-5H2,1-2H3,(H,13,14). The van der Waals surface area contributed by atoms with E-state index in [4.69, 9.17) is 16.3 Å². The summed E-state index contributed by atoms with van der Waals surface area (Å²) in [6.07, 6.45) is 0.319. The highest BCUT2D eigenvalue weighted by Crippen LogP contribution is 2.30. The molecule has 1 fully saturated rings. The molecule has 0 spiro atoms. The predicted molar refractivity (Wildman–Crippen MR) is 71.9 cm³/mol. The van der Waals surface area contributed by atoms with E-state index in [1.165, 1.54) is 7.11 Å². The molecule has 6 nitrogen and oxygen atoms in total. The highest BCUT2D eigenvalue weighted by molar-refractivity contribution is 7.18. The van der Waals surface area contributed by atoms with Crippen LogP contribution < -0.4 is 5.32 Å². The van der Waals surface area contributed by atoms with E-state index >= 15 is 0 Å². The van der Waals surface area contributed by atoms with Gasteiger partial charge in [-0.2, -0.15) is 0 Å². The minimum absolute atomic E-state index is 0.0991. The molecule has 0 bridgehead atoms. The Morgan fingerprint density at radius 1 is 1.79 bits per heavy atom. The Bertz CT molecular complexity index is 481. The maximum absolute atomic E-state index is 11.4. The molecule has 19 heavy (non-hydrogen) atoms. The molecular formula is C11H15ClN2O4S. The fourth-order valence-electron chi connectivity index (χ4n) is 1.83. The second-order valence-electron chi connectivity index (χ2n) is 4.35. The van der Waals surface area contributed by atoms with Gasteiger partial charge in [-0.25, -0.2) is 9.78 Å². The molecule has 2 heterocycles. The molecule has 0 amide bonds. The zero-order valence-corrected chi connectivity index (χ0v) is 12.2. The van der Waals surface area contributed by atoms with Crippen LogP contribution in [0.3, 0.4) is 0 Å². The molecule has 1 aromatic heterocycles. The number of esters is 1. The summed E-state index contributed by atoms with van der Waals surface area (Å²) in [5.74, 6) is -0.521. The summed E-state index contributed by atoms with van der Waals surface area (Å²) in [5.41, 5.74) is -0.927. The number of methoxy groups -OCH3 is 1. The Kier molecular flexibility index (Phi) is 4.29. The van der Waals surface area contributed by atoms with Crippen molar-refractivity contribution in [1.29, 1.82) is 0 Å². The third kappa shape index (κ3) is 3.00. The van der Waals surface area contributed by atoms with Gasteiger partial charge in [0.1, 0.15) is 5.60 Å². The van der Waals surface area contributed by atoms with Gasteiger partial charge < -0.3 is 19.9 Å². The third-order valence-corrected chi connectivity index (χ3v) is 4.54. The lowest BCUT2D eigenvalue weighted by Crippen LogP contribution is -2.42. The van der Waals surface area contributed by atoms with E-state index in [9.17, 15) is 9.90 Å². The lowest BCUT2D eigenvalue weighted by atomic mass is 9.97. The first-order valence-electron chi connectivity index (χ1n) is 5.79. The van der Waals surface area contributed by atoms with Crippen LogP contribution in [0.25, 0.3) is 0 Å². The van der Waals surface area contributed by atoms with Crippen molar-refractivity contribution in [3.63, 3.8) is 0 Å². The summed E-state index contributed by atoms with van der Waals surface area (Å²) in [4.78, 5) is 15.7. The molecule has 2 N–H and O–H groups in total. The number of ether oxygens (including phenoxy) is 2. The van der Waals surface area contributed by atoms with E-state index in [1.54, 1.807) is 0 Å². The normalized spacial score (nSPS) is 26.4. The van der Waals surface area contributed by atoms with E-state index in [2.05, 4.69) is 15.0 Å². The van der Waals surface area contributed by atoms with Gasteiger partial charge in [0.2, 0.25) is 0 Å². The third-order valence-electron chi connectivity index (χ3n) is 3.16. The highest BCUT2D eigenvalue weighted by atomic mass is 35.5. The molecule has 1 aliphatic rings. The average Bonchev–Trinajstić information content (AvgIpc) is 2.91. The number of nitrogens with one attached hydrogen (secondary N) is 1. The maximum Gasteiger partial charge on any atom is 0.351 e. The van der Waals surface area contributed by atoms with Crippen LogP contribution in [0.4, 0.5) is 5.13 Å². The van der Waals surface area contributed by atoms with E-state index in [0.717, 1.165) is 11.3 Å². The van der Waals surface area contributed by atoms with Gasteiger partial charge in [-0.15, -0.1) is 0 Å². The first-order valence-corrected chi connectivity index (χ1v) is 6.98. The number of carbonyl (C=O) groups excluding carboxylic acids is 1. The Morgan fingerprint density at radius 2 is 2.53 bits per heavy atom. The Balaban J connectivity index is 2.02. The number of aromatic nitrogens is 1. The van der Waals surface area contributed by atoms with Crippen molar-refractivity contribution in [3.05, 3.63) is 10.0 Å². The first-order chi connectivity index (χ1) is 8.96. The molecule has 1 aromatic rings. The van der Waals surface area contributed by atoms with Crippen molar-refractivity contribution < 1.29 is 19.4 Å². The number of rotatable bonds is 4. The molecule has 2 unspecified atom stereocenters. The molecule has 2 atom stereocenters. The Morgan fingerprint density at radius 3 is 3.11 bits per heavy atom. The van der Waals surface area contributed by atoms with Crippen molar-refractivity contribution in [1.82, 2.24) is 4.98 Å². The lowest BCUT2D eigenvalue weighted by molar-refractivity contribution is -0.0175. The monoisotopic (exact) mass is 306 g/mol. The summed E-state index contributed by atoms with van der Waals surface area (Å²) in [6, 6.07) is 0. The number of aliphatic hydroxyl groups is 1. The number of thiazole rings is 1. The van der Waals surface area contributed by atoms with Gasteiger partial charge >= 0.3 is 5.97 Å². The average molecular weight is 307 g/mol. The second kappa shape index (κ2) is 5.62. The predicted octanol–water partition coefficient (Wildman–Crippen LogP) is 1.53. The van der Waals surface area contributed by atoms with Crippen molar-refractivity contribution in [2.45, 2.75) is 25.0 Å². The van der Waals surface area contributed by atoms with Crippen LogP contribution in [-0.4, -0.2) is 48.0 Å². The van der Waals surface area contributed by atoms with E-state index < -0.39 is 11.6 Å². The maximum atomic E-state index is 11.4. The summed E-state index contributed by atoms with van der Waals surface area (Å²) in [7, 11) is 1.28. The number of hydrogen-bond acceptors (Lipinski definition) is 7. The van der Waals surface area contributed by atoms with Gasteiger partial charge in [-0.3, -0.25) is 0 Å². The second-order valence-corrected chi connectivity index (χ2v) is 5.71. The number of anilines is 1. The number of carbonyl (C=O) groups is 1. The van der Waals surface area contributed by atoms with Gasteiger partial charge in [0, 0.05) is 19.6 Å². The van der Waals surface area contributed by atoms with Crippen LogP contribution in [0.15, 0.2) is 0 Å². The van der Waals surface area contributed by atoms with Gasteiger partial charge in [0.15, 0.2) is 15.2 Å². The number of hydrogen-bond donors (Lipinski definition) is 2. The molecule has 0 radical (unpaired) electrons. The highest BCUT2D eigenvalue weighted by Gasteiger charge is 2.39. The Labute approximate surface area is 119 Å². The van der Waals surface area contributed by atoms with E-state index in [0.29, 0.717) is 24.7 Å². The molecule has 2 rings (SSSR count). The van der Waals surface area contributed by atoms with Gasteiger partial charge in [0.25, 0.3) is 0 Å². The van der Waals surface area contributed by atoms with E-state index in [-0.39, 0.29) is 16.1 Å². The summed E-state index contributed by atoms with van der Waals surface area (Å²) in [6.45, 7) is 2.65. The molecule has 0 saturated carbocycles. The molecule has 0 aromatic carbocycles. The summed E-state index contributed by atoms with van der Waals surface area (Å²) >= 11 is 6.94. The molecule has 0 aliphatic carbocycles. The number of halogens is 1. The minimum atomic E-state index is -0.927. The van der Waals surface area contributed by atoms with Crippen molar-refractivity contribution >= 4 is 34.0 Å². The summed E-state index contributed by atoms with van der Waals surface area (Å²) < 4.78 is 9.93. The fourth-order valence-corrected chi connectivity index (χ4v) is 2.93. The van der Waals surface area contributed by atoms with Crippen LogP contribution in [0.1, 0.15) is 23.0 Å². The van der Waals surface area contributed by atoms with Crippen LogP contribution in [0, 0.1) is 0 Å². The van der Waals surface area contributed by atoms with Crippen molar-refractivity contribution in [3.8, 4) is 0 Å². The molecule has 1 saturated heterocycles. The molecular weight excluding hydrogens is 292 g/mol. The molecule has 8 heteroatoms. The SMILES string of the molecule is COC(=O)c1sc(NCC2(O)CCOC2C)nc1Cl. The molecule has 1 aliphatic heterocycles. The first kappa shape index (κ1) is 14.5. The zero-order chi connectivity index (χ0) is 14.0. The quantitative estimate of drug-likeness (QED) is 0.821. The van der Waals surface area contributed by atoms with E-state index in [1.807, 2.05) is 6.92 Å². The summed E-state index contributed by atoms with van der Waals surface area (Å²) in [5, 5.41) is 13.9. The largest absolute Gasteiger partial charge is 0.465 e. The number of nitrogens with zero attached hydrogens (tertiary/aromatic N) is 1. The van der Waals surface area contributed by atoms with Crippen molar-refractivity contribution in [2.75, 3.05) is 25.6 Å². The fraction of sp³-hybridized carbons (Fsp3) is 0.636. The van der Waals surface area contributed by atoms with Crippen LogP contribution >= 0.6 is 22.9 Å². The zero-order valence-electron chi connectivity index (χ0n) is 10.6. The van der Waals surface area contributed by atoms with Gasteiger partial charge in [-0.1, -0.05) is 22.9 Å². The molecule has 106 valence electrons. The van der Waals surface area contributed by atoms with Crippen LogP contribution in [0.5, 0.6) is 0 Å². The minimum Gasteiger partial charge on any atom is -0.465 e. The van der Waals surface area contributed by atoms with Crippen LogP contribution in [-0.2, 0) is 9.47 Å².